The molecule has 18 heavy (non-hydrogen) atoms. The first-order chi connectivity index (χ1) is 8.58. The fraction of sp³-hybridized carbons (Fsp3) is 0.154. The Bertz CT molecular complexity index is 560. The first-order valence-corrected chi connectivity index (χ1v) is 6.20. The summed E-state index contributed by atoms with van der Waals surface area (Å²) in [5, 5.41) is 12.0. The van der Waals surface area contributed by atoms with Gasteiger partial charge in [0.25, 0.3) is 5.91 Å². The van der Waals surface area contributed by atoms with Crippen LogP contribution in [-0.4, -0.2) is 11.0 Å². The lowest BCUT2D eigenvalue weighted by Gasteiger charge is -2.06. The molecule has 1 amide bonds. The lowest BCUT2D eigenvalue weighted by Crippen LogP contribution is -2.23. The third-order valence-corrected chi connectivity index (χ3v) is 3.44. The van der Waals surface area contributed by atoms with Gasteiger partial charge in [0.15, 0.2) is 0 Å². The predicted molar refractivity (Wildman–Crippen MR) is 68.3 cm³/mol. The number of carbonyl (C=O) groups excluding carboxylic acids is 1. The molecule has 0 spiro atoms. The van der Waals surface area contributed by atoms with Gasteiger partial charge < -0.3 is 10.4 Å². The molecule has 0 radical (unpaired) electrons. The fourth-order valence-electron chi connectivity index (χ4n) is 1.57. The Morgan fingerprint density at radius 1 is 1.39 bits per heavy atom. The minimum absolute atomic E-state index is 0.314. The lowest BCUT2D eigenvalue weighted by molar-refractivity contribution is 0.0944. The van der Waals surface area contributed by atoms with E-state index in [9.17, 15) is 14.3 Å². The van der Waals surface area contributed by atoms with Crippen molar-refractivity contribution < 1.29 is 14.3 Å². The second kappa shape index (κ2) is 5.18. The minimum atomic E-state index is -0.727. The first kappa shape index (κ1) is 12.6. The summed E-state index contributed by atoms with van der Waals surface area (Å²) in [7, 11) is 0. The van der Waals surface area contributed by atoms with Gasteiger partial charge in [-0.2, -0.15) is 0 Å². The van der Waals surface area contributed by atoms with Crippen LogP contribution in [0.3, 0.4) is 0 Å². The van der Waals surface area contributed by atoms with E-state index in [0.29, 0.717) is 6.54 Å². The van der Waals surface area contributed by atoms with Gasteiger partial charge in [0.05, 0.1) is 6.54 Å². The van der Waals surface area contributed by atoms with Gasteiger partial charge in [-0.25, -0.2) is 4.39 Å². The van der Waals surface area contributed by atoms with E-state index in [-0.39, 0.29) is 11.3 Å². The first-order valence-electron chi connectivity index (χ1n) is 5.39. The number of halogens is 1. The summed E-state index contributed by atoms with van der Waals surface area (Å²) in [6, 6.07) is 7.63. The third kappa shape index (κ3) is 2.68. The van der Waals surface area contributed by atoms with Crippen molar-refractivity contribution in [2.75, 3.05) is 0 Å². The summed E-state index contributed by atoms with van der Waals surface area (Å²) in [5.41, 5.74) is -0.314. The van der Waals surface area contributed by atoms with Crippen molar-refractivity contribution in [2.24, 2.45) is 0 Å². The average Bonchev–Trinajstić information content (AvgIpc) is 2.72. The molecule has 0 aliphatic carbocycles. The lowest BCUT2D eigenvalue weighted by atomic mass is 10.1. The maximum Gasteiger partial charge on any atom is 0.258 e. The summed E-state index contributed by atoms with van der Waals surface area (Å²) in [6.45, 7) is 2.30. The van der Waals surface area contributed by atoms with Crippen molar-refractivity contribution in [3.8, 4) is 5.75 Å². The van der Waals surface area contributed by atoms with E-state index in [1.165, 1.54) is 12.1 Å². The summed E-state index contributed by atoms with van der Waals surface area (Å²) in [6.07, 6.45) is 0. The van der Waals surface area contributed by atoms with Gasteiger partial charge in [0.1, 0.15) is 17.1 Å². The number of carbonyl (C=O) groups is 1. The van der Waals surface area contributed by atoms with Crippen LogP contribution in [0.15, 0.2) is 30.3 Å². The predicted octanol–water partition coefficient (Wildman–Crippen LogP) is 2.83. The number of aromatic hydroxyl groups is 1. The summed E-state index contributed by atoms with van der Waals surface area (Å²) >= 11 is 1.56. The molecule has 0 unspecified atom stereocenters. The molecule has 0 saturated carbocycles. The monoisotopic (exact) mass is 265 g/mol. The number of amides is 1. The molecule has 1 aromatic carbocycles. The Labute approximate surface area is 108 Å². The van der Waals surface area contributed by atoms with Gasteiger partial charge in [-0.1, -0.05) is 6.07 Å². The number of hydrogen-bond acceptors (Lipinski definition) is 3. The molecule has 1 aromatic heterocycles. The van der Waals surface area contributed by atoms with E-state index >= 15 is 0 Å². The van der Waals surface area contributed by atoms with Gasteiger partial charge >= 0.3 is 0 Å². The zero-order chi connectivity index (χ0) is 13.1. The topological polar surface area (TPSA) is 49.3 Å². The Kier molecular flexibility index (Phi) is 3.62. The van der Waals surface area contributed by atoms with E-state index in [4.69, 9.17) is 0 Å². The number of phenols is 1. The number of thiophene rings is 1. The van der Waals surface area contributed by atoms with Gasteiger partial charge in [-0.3, -0.25) is 4.79 Å². The molecule has 2 aromatic rings. The van der Waals surface area contributed by atoms with Crippen molar-refractivity contribution in [1.82, 2.24) is 5.32 Å². The normalized spacial score (nSPS) is 10.3. The smallest absolute Gasteiger partial charge is 0.258 e. The van der Waals surface area contributed by atoms with Crippen LogP contribution in [0.5, 0.6) is 5.75 Å². The number of hydrogen-bond donors (Lipinski definition) is 2. The highest BCUT2D eigenvalue weighted by Crippen LogP contribution is 2.20. The maximum absolute atomic E-state index is 13.4. The van der Waals surface area contributed by atoms with Crippen molar-refractivity contribution in [2.45, 2.75) is 13.5 Å². The third-order valence-electron chi connectivity index (χ3n) is 2.44. The fourth-order valence-corrected chi connectivity index (χ4v) is 2.40. The summed E-state index contributed by atoms with van der Waals surface area (Å²) < 4.78 is 13.4. The van der Waals surface area contributed by atoms with Crippen LogP contribution in [0.4, 0.5) is 4.39 Å². The van der Waals surface area contributed by atoms with Crippen molar-refractivity contribution in [1.29, 1.82) is 0 Å². The number of rotatable bonds is 3. The molecular weight excluding hydrogens is 253 g/mol. The van der Waals surface area contributed by atoms with E-state index in [0.717, 1.165) is 15.8 Å². The molecule has 0 fully saturated rings. The SMILES string of the molecule is Cc1ccc(CNC(=O)c2c(O)cccc2F)s1. The standard InChI is InChI=1S/C13H12FNO2S/c1-8-5-6-9(18-8)7-15-13(17)12-10(14)3-2-4-11(12)16/h2-6,16H,7H2,1H3,(H,15,17). The molecule has 2 rings (SSSR count). The quantitative estimate of drug-likeness (QED) is 0.896. The molecule has 5 heteroatoms. The molecule has 0 aliphatic rings. The van der Waals surface area contributed by atoms with Crippen LogP contribution in [0.1, 0.15) is 20.1 Å². The van der Waals surface area contributed by atoms with Gasteiger partial charge in [0, 0.05) is 9.75 Å². The molecule has 0 aliphatic heterocycles. The van der Waals surface area contributed by atoms with E-state index in [1.54, 1.807) is 11.3 Å². The second-order valence-electron chi connectivity index (χ2n) is 3.83. The van der Waals surface area contributed by atoms with E-state index < -0.39 is 11.7 Å². The average molecular weight is 265 g/mol. The van der Waals surface area contributed by atoms with Crippen LogP contribution in [0.25, 0.3) is 0 Å². The zero-order valence-electron chi connectivity index (χ0n) is 9.74. The number of benzene rings is 1. The second-order valence-corrected chi connectivity index (χ2v) is 5.20. The highest BCUT2D eigenvalue weighted by atomic mass is 32.1. The molecule has 3 nitrogen and oxygen atoms in total. The Balaban J connectivity index is 2.08. The number of aryl methyl sites for hydroxylation is 1. The van der Waals surface area contributed by atoms with E-state index in [2.05, 4.69) is 5.32 Å². The zero-order valence-corrected chi connectivity index (χ0v) is 10.6. The van der Waals surface area contributed by atoms with Gasteiger partial charge in [-0.05, 0) is 31.2 Å². The van der Waals surface area contributed by atoms with Crippen LogP contribution in [-0.2, 0) is 6.54 Å². The molecule has 0 atom stereocenters. The van der Waals surface area contributed by atoms with Crippen molar-refractivity contribution >= 4 is 17.2 Å². The molecular formula is C13H12FNO2S. The van der Waals surface area contributed by atoms with Crippen LogP contribution in [0, 0.1) is 12.7 Å². The number of nitrogens with one attached hydrogen (secondary N) is 1. The van der Waals surface area contributed by atoms with E-state index in [1.807, 2.05) is 19.1 Å². The van der Waals surface area contributed by atoms with Crippen molar-refractivity contribution in [3.63, 3.8) is 0 Å². The van der Waals surface area contributed by atoms with Crippen LogP contribution >= 0.6 is 11.3 Å². The maximum atomic E-state index is 13.4. The van der Waals surface area contributed by atoms with Crippen LogP contribution in [0.2, 0.25) is 0 Å². The molecule has 0 saturated heterocycles. The Hall–Kier alpha value is -1.88. The Morgan fingerprint density at radius 3 is 2.78 bits per heavy atom. The van der Waals surface area contributed by atoms with Gasteiger partial charge in [0.2, 0.25) is 0 Å². The summed E-state index contributed by atoms with van der Waals surface area (Å²) in [5.74, 6) is -1.69. The minimum Gasteiger partial charge on any atom is -0.507 e. The Morgan fingerprint density at radius 2 is 2.17 bits per heavy atom. The number of phenolic OH excluding ortho intramolecular Hbond substituents is 1. The largest absolute Gasteiger partial charge is 0.507 e. The van der Waals surface area contributed by atoms with Crippen LogP contribution < -0.4 is 5.32 Å². The molecule has 0 bridgehead atoms. The molecule has 94 valence electrons. The van der Waals surface area contributed by atoms with Gasteiger partial charge in [-0.15, -0.1) is 11.3 Å². The summed E-state index contributed by atoms with van der Waals surface area (Å²) in [4.78, 5) is 13.9. The van der Waals surface area contributed by atoms with Crippen molar-refractivity contribution in [3.05, 3.63) is 51.5 Å². The highest BCUT2D eigenvalue weighted by molar-refractivity contribution is 7.11. The molecule has 1 heterocycles. The molecule has 2 N–H and O–H groups in total. The highest BCUT2D eigenvalue weighted by Gasteiger charge is 2.16.